The van der Waals surface area contributed by atoms with Crippen molar-refractivity contribution in [3.8, 4) is 0 Å². The van der Waals surface area contributed by atoms with Crippen LogP contribution in [0.2, 0.25) is 0 Å². The van der Waals surface area contributed by atoms with E-state index in [-0.39, 0.29) is 5.57 Å². The van der Waals surface area contributed by atoms with Crippen molar-refractivity contribution in [2.24, 2.45) is 0 Å². The van der Waals surface area contributed by atoms with Gasteiger partial charge in [-0.25, -0.2) is 4.79 Å². The summed E-state index contributed by atoms with van der Waals surface area (Å²) in [5.74, 6) is -0.981. The summed E-state index contributed by atoms with van der Waals surface area (Å²) in [7, 11) is 0. The van der Waals surface area contributed by atoms with Gasteiger partial charge in [-0.1, -0.05) is 46.3 Å². The van der Waals surface area contributed by atoms with Gasteiger partial charge >= 0.3 is 5.97 Å². The van der Waals surface area contributed by atoms with Crippen LogP contribution in [-0.2, 0) is 4.79 Å². The van der Waals surface area contributed by atoms with E-state index in [0.29, 0.717) is 16.8 Å². The van der Waals surface area contributed by atoms with Crippen molar-refractivity contribution in [2.75, 3.05) is 5.73 Å². The van der Waals surface area contributed by atoms with E-state index in [1.807, 2.05) is 12.1 Å². The number of carboxylic acid groups (broad SMARTS) is 1. The molecule has 2 aromatic rings. The third-order valence-corrected chi connectivity index (χ3v) is 3.21. The molecule has 0 spiro atoms. The number of carboxylic acids is 1. The molecule has 0 saturated carbocycles. The molecule has 0 aliphatic rings. The minimum Gasteiger partial charge on any atom is -0.478 e. The van der Waals surface area contributed by atoms with Gasteiger partial charge in [0, 0.05) is 10.2 Å². The average Bonchev–Trinajstić information content (AvgIpc) is 2.39. The minimum absolute atomic E-state index is 0.213. The maximum Gasteiger partial charge on any atom is 0.336 e. The van der Waals surface area contributed by atoms with E-state index in [9.17, 15) is 9.90 Å². The first-order chi connectivity index (χ1) is 9.08. The Bertz CT molecular complexity index is 633. The summed E-state index contributed by atoms with van der Waals surface area (Å²) in [4.78, 5) is 11.4. The zero-order chi connectivity index (χ0) is 13.8. The molecular weight excluding hydrogens is 306 g/mol. The van der Waals surface area contributed by atoms with E-state index in [1.54, 1.807) is 42.5 Å². The highest BCUT2D eigenvalue weighted by atomic mass is 79.9. The molecule has 0 aliphatic heterocycles. The molecule has 0 aliphatic carbocycles. The molecule has 0 radical (unpaired) electrons. The summed E-state index contributed by atoms with van der Waals surface area (Å²) in [5, 5.41) is 9.33. The molecule has 3 N–H and O–H groups in total. The lowest BCUT2D eigenvalue weighted by atomic mass is 10.0. The van der Waals surface area contributed by atoms with Crippen LogP contribution in [0.25, 0.3) is 11.6 Å². The van der Waals surface area contributed by atoms with E-state index < -0.39 is 5.97 Å². The Morgan fingerprint density at radius 2 is 1.74 bits per heavy atom. The van der Waals surface area contributed by atoms with E-state index in [2.05, 4.69) is 15.9 Å². The molecule has 0 unspecified atom stereocenters. The molecule has 19 heavy (non-hydrogen) atoms. The van der Waals surface area contributed by atoms with E-state index >= 15 is 0 Å². The SMILES string of the molecule is Nc1ccccc1C=C(C(=O)O)c1ccc(Br)cc1. The molecule has 0 bridgehead atoms. The van der Waals surface area contributed by atoms with E-state index in [1.165, 1.54) is 0 Å². The molecule has 0 amide bonds. The second-order valence-corrected chi connectivity index (χ2v) is 4.91. The zero-order valence-corrected chi connectivity index (χ0v) is 11.6. The van der Waals surface area contributed by atoms with Crippen molar-refractivity contribution < 1.29 is 9.90 Å². The van der Waals surface area contributed by atoms with Gasteiger partial charge in [0.05, 0.1) is 5.57 Å². The predicted molar refractivity (Wildman–Crippen MR) is 80.5 cm³/mol. The zero-order valence-electron chi connectivity index (χ0n) is 10.0. The molecule has 0 atom stereocenters. The summed E-state index contributed by atoms with van der Waals surface area (Å²) in [6, 6.07) is 14.3. The number of para-hydroxylation sites is 1. The number of carbonyl (C=O) groups is 1. The quantitative estimate of drug-likeness (QED) is 0.516. The Morgan fingerprint density at radius 3 is 2.32 bits per heavy atom. The molecule has 0 saturated heterocycles. The standard InChI is InChI=1S/C15H12BrNO2/c16-12-7-5-10(6-8-12)13(15(18)19)9-11-3-1-2-4-14(11)17/h1-9H,17H2,(H,18,19). The maximum atomic E-state index is 11.4. The second kappa shape index (κ2) is 5.71. The number of nitrogens with two attached hydrogens (primary N) is 1. The van der Waals surface area contributed by atoms with Crippen molar-refractivity contribution in [3.05, 3.63) is 64.1 Å². The lowest BCUT2D eigenvalue weighted by molar-refractivity contribution is -0.130. The first-order valence-corrected chi connectivity index (χ1v) is 6.42. The van der Waals surface area contributed by atoms with Gasteiger partial charge in [0.15, 0.2) is 0 Å². The number of halogens is 1. The predicted octanol–water partition coefficient (Wildman–Crippen LogP) is 3.66. The Balaban J connectivity index is 2.50. The monoisotopic (exact) mass is 317 g/mol. The van der Waals surface area contributed by atoms with E-state index in [0.717, 1.165) is 4.47 Å². The summed E-state index contributed by atoms with van der Waals surface area (Å²) >= 11 is 3.32. The number of hydrogen-bond acceptors (Lipinski definition) is 2. The fourth-order valence-electron chi connectivity index (χ4n) is 1.70. The van der Waals surface area contributed by atoms with Gasteiger partial charge in [-0.15, -0.1) is 0 Å². The fraction of sp³-hybridized carbons (Fsp3) is 0. The Kier molecular flexibility index (Phi) is 4.02. The third-order valence-electron chi connectivity index (χ3n) is 2.68. The van der Waals surface area contributed by atoms with Crippen LogP contribution in [0.1, 0.15) is 11.1 Å². The van der Waals surface area contributed by atoms with Gasteiger partial charge in [0.1, 0.15) is 0 Å². The lowest BCUT2D eigenvalue weighted by Crippen LogP contribution is -2.00. The summed E-state index contributed by atoms with van der Waals surface area (Å²) in [6.45, 7) is 0. The first kappa shape index (κ1) is 13.4. The van der Waals surface area contributed by atoms with Crippen LogP contribution in [-0.4, -0.2) is 11.1 Å². The number of anilines is 1. The molecule has 0 heterocycles. The fourth-order valence-corrected chi connectivity index (χ4v) is 1.96. The van der Waals surface area contributed by atoms with Crippen molar-refractivity contribution in [2.45, 2.75) is 0 Å². The maximum absolute atomic E-state index is 11.4. The third kappa shape index (κ3) is 3.23. The van der Waals surface area contributed by atoms with Crippen LogP contribution in [0.3, 0.4) is 0 Å². The van der Waals surface area contributed by atoms with Crippen LogP contribution in [0.5, 0.6) is 0 Å². The molecule has 3 nitrogen and oxygen atoms in total. The molecule has 4 heteroatoms. The molecule has 2 rings (SSSR count). The summed E-state index contributed by atoms with van der Waals surface area (Å²) in [6.07, 6.45) is 1.58. The highest BCUT2D eigenvalue weighted by Crippen LogP contribution is 2.23. The molecule has 2 aromatic carbocycles. The Labute approximate surface area is 119 Å². The highest BCUT2D eigenvalue weighted by molar-refractivity contribution is 9.10. The van der Waals surface area contributed by atoms with Crippen LogP contribution in [0, 0.1) is 0 Å². The molecule has 96 valence electrons. The summed E-state index contributed by atoms with van der Waals surface area (Å²) < 4.78 is 0.903. The van der Waals surface area contributed by atoms with Crippen LogP contribution in [0.4, 0.5) is 5.69 Å². The average molecular weight is 318 g/mol. The number of nitrogen functional groups attached to an aromatic ring is 1. The number of rotatable bonds is 3. The Morgan fingerprint density at radius 1 is 1.11 bits per heavy atom. The smallest absolute Gasteiger partial charge is 0.336 e. The first-order valence-electron chi connectivity index (χ1n) is 5.63. The van der Waals surface area contributed by atoms with Crippen LogP contribution < -0.4 is 5.73 Å². The molecular formula is C15H12BrNO2. The van der Waals surface area contributed by atoms with Gasteiger partial charge in [-0.05, 0) is 35.4 Å². The largest absolute Gasteiger partial charge is 0.478 e. The van der Waals surface area contributed by atoms with Gasteiger partial charge in [0.2, 0.25) is 0 Å². The number of hydrogen-bond donors (Lipinski definition) is 2. The topological polar surface area (TPSA) is 63.3 Å². The van der Waals surface area contributed by atoms with Crippen molar-refractivity contribution in [1.82, 2.24) is 0 Å². The summed E-state index contributed by atoms with van der Waals surface area (Å²) in [5.41, 5.74) is 7.93. The van der Waals surface area contributed by atoms with Crippen LogP contribution in [0.15, 0.2) is 53.0 Å². The van der Waals surface area contributed by atoms with Crippen molar-refractivity contribution in [1.29, 1.82) is 0 Å². The normalized spacial score (nSPS) is 11.3. The highest BCUT2D eigenvalue weighted by Gasteiger charge is 2.11. The number of benzene rings is 2. The minimum atomic E-state index is -0.981. The van der Waals surface area contributed by atoms with Gasteiger partial charge in [-0.2, -0.15) is 0 Å². The molecule has 0 fully saturated rings. The molecule has 0 aromatic heterocycles. The van der Waals surface area contributed by atoms with E-state index in [4.69, 9.17) is 5.73 Å². The van der Waals surface area contributed by atoms with Gasteiger partial charge in [-0.3, -0.25) is 0 Å². The lowest BCUT2D eigenvalue weighted by Gasteiger charge is -2.05. The van der Waals surface area contributed by atoms with Crippen molar-refractivity contribution in [3.63, 3.8) is 0 Å². The Hall–Kier alpha value is -2.07. The number of aliphatic carboxylic acids is 1. The second-order valence-electron chi connectivity index (χ2n) is 4.00. The van der Waals surface area contributed by atoms with Gasteiger partial charge < -0.3 is 10.8 Å². The van der Waals surface area contributed by atoms with Gasteiger partial charge in [0.25, 0.3) is 0 Å². The van der Waals surface area contributed by atoms with Crippen LogP contribution >= 0.6 is 15.9 Å². The van der Waals surface area contributed by atoms with Crippen molar-refractivity contribution >= 4 is 39.2 Å².